The van der Waals surface area contributed by atoms with Gasteiger partial charge in [-0.05, 0) is 56.9 Å². The van der Waals surface area contributed by atoms with E-state index in [1.165, 1.54) is 5.01 Å². The fourth-order valence-electron chi connectivity index (χ4n) is 5.42. The van der Waals surface area contributed by atoms with Gasteiger partial charge in [-0.15, -0.1) is 0 Å². The van der Waals surface area contributed by atoms with Crippen LogP contribution in [0.2, 0.25) is 0 Å². The van der Waals surface area contributed by atoms with Gasteiger partial charge in [0.15, 0.2) is 6.29 Å². The molecule has 222 valence electrons. The maximum atomic E-state index is 13.9. The summed E-state index contributed by atoms with van der Waals surface area (Å²) in [4.78, 5) is 46.2. The van der Waals surface area contributed by atoms with Gasteiger partial charge in [0.1, 0.15) is 0 Å². The third-order valence-electron chi connectivity index (χ3n) is 7.61. The van der Waals surface area contributed by atoms with Gasteiger partial charge < -0.3 is 10.5 Å². The molecule has 0 spiro atoms. The highest BCUT2D eigenvalue weighted by atomic mass is 16.8. The van der Waals surface area contributed by atoms with Gasteiger partial charge in [-0.2, -0.15) is 0 Å². The summed E-state index contributed by atoms with van der Waals surface area (Å²) < 4.78 is 5.60. The second kappa shape index (κ2) is 16.5. The number of hydroxylamine groups is 1. The first-order chi connectivity index (χ1) is 19.3. The minimum Gasteiger partial charge on any atom is -0.350 e. The van der Waals surface area contributed by atoms with Crippen LogP contribution < -0.4 is 16.6 Å². The number of allylic oxidation sites excluding steroid dienone is 1. The van der Waals surface area contributed by atoms with Crippen molar-refractivity contribution in [3.05, 3.63) is 42.0 Å². The van der Waals surface area contributed by atoms with E-state index >= 15 is 0 Å². The Morgan fingerprint density at radius 1 is 1.00 bits per heavy atom. The quantitative estimate of drug-likeness (QED) is 0.326. The average molecular weight is 557 g/mol. The largest absolute Gasteiger partial charge is 0.350 e. The molecule has 4 atom stereocenters. The molecule has 9 nitrogen and oxygen atoms in total. The molecule has 0 radical (unpaired) electrons. The topological polar surface area (TPSA) is 123 Å². The van der Waals surface area contributed by atoms with Crippen molar-refractivity contribution in [2.45, 2.75) is 103 Å². The Balaban J connectivity index is 1.83. The number of hydrogen-bond donors (Lipinski definition) is 3. The van der Waals surface area contributed by atoms with Crippen molar-refractivity contribution < 1.29 is 24.0 Å². The molecule has 4 N–H and O–H groups in total. The molecule has 3 amide bonds. The van der Waals surface area contributed by atoms with Crippen molar-refractivity contribution >= 4 is 23.8 Å². The van der Waals surface area contributed by atoms with Crippen LogP contribution in [-0.4, -0.2) is 47.7 Å². The molecule has 3 rings (SSSR count). The summed E-state index contributed by atoms with van der Waals surface area (Å²) in [6.45, 7) is 6.26. The maximum absolute atomic E-state index is 13.9. The van der Waals surface area contributed by atoms with E-state index in [2.05, 4.69) is 10.9 Å². The van der Waals surface area contributed by atoms with Crippen LogP contribution in [0.4, 0.5) is 0 Å². The van der Waals surface area contributed by atoms with E-state index in [0.29, 0.717) is 25.9 Å². The zero-order valence-corrected chi connectivity index (χ0v) is 24.3. The minimum absolute atomic E-state index is 0.104. The molecule has 2 aliphatic rings. The van der Waals surface area contributed by atoms with Crippen LogP contribution in [0.25, 0.3) is 6.08 Å². The zero-order valence-electron chi connectivity index (χ0n) is 24.3. The van der Waals surface area contributed by atoms with E-state index in [1.807, 2.05) is 56.3 Å². The molecule has 1 aromatic rings. The first-order valence-corrected chi connectivity index (χ1v) is 14.9. The highest BCUT2D eigenvalue weighted by Crippen LogP contribution is 2.28. The molecule has 1 saturated heterocycles. The lowest BCUT2D eigenvalue weighted by Gasteiger charge is -2.37. The Bertz CT molecular complexity index is 956. The molecule has 1 aliphatic carbocycles. The van der Waals surface area contributed by atoms with Crippen LogP contribution in [0, 0.1) is 17.8 Å². The Morgan fingerprint density at radius 2 is 1.70 bits per heavy atom. The molecule has 40 heavy (non-hydrogen) atoms. The number of rotatable bonds is 12. The fraction of sp³-hybridized carbons (Fsp3) is 0.645. The Labute approximate surface area is 239 Å². The van der Waals surface area contributed by atoms with Crippen molar-refractivity contribution in [1.82, 2.24) is 15.9 Å². The van der Waals surface area contributed by atoms with E-state index in [9.17, 15) is 14.4 Å². The summed E-state index contributed by atoms with van der Waals surface area (Å²) in [6, 6.07) is 8.96. The lowest BCUT2D eigenvalue weighted by atomic mass is 9.82. The second-order valence-corrected chi connectivity index (χ2v) is 11.5. The molecule has 1 unspecified atom stereocenters. The predicted molar refractivity (Wildman–Crippen MR) is 155 cm³/mol. The van der Waals surface area contributed by atoms with Crippen LogP contribution in [-0.2, 0) is 24.0 Å². The summed E-state index contributed by atoms with van der Waals surface area (Å²) in [7, 11) is 0. The molecule has 1 heterocycles. The number of carbonyl (C=O) groups is 3. The van der Waals surface area contributed by atoms with E-state index in [4.69, 9.17) is 15.3 Å². The Hall–Kier alpha value is -2.75. The maximum Gasteiger partial charge on any atom is 0.257 e. The lowest BCUT2D eigenvalue weighted by Crippen LogP contribution is -2.58. The van der Waals surface area contributed by atoms with Gasteiger partial charge in [0, 0.05) is 13.0 Å². The fourth-order valence-corrected chi connectivity index (χ4v) is 5.42. The number of benzene rings is 1. The van der Waals surface area contributed by atoms with Crippen molar-refractivity contribution in [2.24, 2.45) is 23.5 Å². The summed E-state index contributed by atoms with van der Waals surface area (Å²) >= 11 is 0. The average Bonchev–Trinajstić information content (AvgIpc) is 2.96. The Kier molecular flexibility index (Phi) is 13.1. The molecule has 2 fully saturated rings. The first-order valence-electron chi connectivity index (χ1n) is 14.9. The van der Waals surface area contributed by atoms with Gasteiger partial charge in [-0.25, -0.2) is 15.3 Å². The van der Waals surface area contributed by atoms with Crippen molar-refractivity contribution in [3.63, 3.8) is 0 Å². The number of ether oxygens (including phenoxy) is 1. The standard InChI is InChI=1S/C31H48N4O5/c1-22(2)21-27(29(36)33-35(31(38)23(3)32)25-16-8-5-9-17-25)26(18-12-15-24-13-6-4-7-14-24)30(37)34-40-28-19-10-11-20-39-28/h4,6-7,12-15,22-23,25-28H,5,8-11,16-21,32H2,1-3H3,(H,33,36)(H,34,37)/t23-,26+,27-,28?/m1/s1. The van der Waals surface area contributed by atoms with Crippen LogP contribution in [0.15, 0.2) is 36.4 Å². The van der Waals surface area contributed by atoms with E-state index in [1.54, 1.807) is 6.92 Å². The molecular formula is C31H48N4O5. The van der Waals surface area contributed by atoms with Gasteiger partial charge in [0.05, 0.1) is 23.9 Å². The van der Waals surface area contributed by atoms with Crippen molar-refractivity contribution in [2.75, 3.05) is 6.61 Å². The highest BCUT2D eigenvalue weighted by Gasteiger charge is 2.37. The molecular weight excluding hydrogens is 508 g/mol. The van der Waals surface area contributed by atoms with Gasteiger partial charge in [0.25, 0.3) is 5.91 Å². The van der Waals surface area contributed by atoms with Crippen LogP contribution in [0.5, 0.6) is 0 Å². The van der Waals surface area contributed by atoms with Gasteiger partial charge >= 0.3 is 0 Å². The molecule has 0 aromatic heterocycles. The summed E-state index contributed by atoms with van der Waals surface area (Å²) in [6.07, 6.45) is 11.5. The summed E-state index contributed by atoms with van der Waals surface area (Å²) in [5.41, 5.74) is 12.5. The number of nitrogens with two attached hydrogens (primary N) is 1. The predicted octanol–water partition coefficient (Wildman–Crippen LogP) is 4.48. The number of hydrazine groups is 1. The van der Waals surface area contributed by atoms with Gasteiger partial charge in [-0.1, -0.05) is 75.6 Å². The van der Waals surface area contributed by atoms with Gasteiger partial charge in [-0.3, -0.25) is 19.8 Å². The van der Waals surface area contributed by atoms with Gasteiger partial charge in [0.2, 0.25) is 11.8 Å². The Morgan fingerprint density at radius 3 is 2.33 bits per heavy atom. The highest BCUT2D eigenvalue weighted by molar-refractivity contribution is 5.90. The smallest absolute Gasteiger partial charge is 0.257 e. The van der Waals surface area contributed by atoms with E-state index in [-0.39, 0.29) is 29.7 Å². The van der Waals surface area contributed by atoms with Crippen LogP contribution in [0.3, 0.4) is 0 Å². The zero-order chi connectivity index (χ0) is 28.9. The molecule has 0 bridgehead atoms. The lowest BCUT2D eigenvalue weighted by molar-refractivity contribution is -0.203. The van der Waals surface area contributed by atoms with Crippen molar-refractivity contribution in [1.29, 1.82) is 0 Å². The molecule has 1 aromatic carbocycles. The normalized spacial score (nSPS) is 20.6. The van der Waals surface area contributed by atoms with Crippen LogP contribution in [0.1, 0.15) is 90.5 Å². The van der Waals surface area contributed by atoms with E-state index in [0.717, 1.165) is 50.5 Å². The third kappa shape index (κ3) is 10.0. The number of nitrogens with one attached hydrogen (secondary N) is 2. The van der Waals surface area contributed by atoms with Crippen LogP contribution >= 0.6 is 0 Å². The molecule has 1 saturated carbocycles. The van der Waals surface area contributed by atoms with Crippen molar-refractivity contribution in [3.8, 4) is 0 Å². The molecule has 9 heteroatoms. The molecule has 1 aliphatic heterocycles. The minimum atomic E-state index is -0.748. The SMILES string of the molecule is CC(C)C[C@@H](C(=O)NN(C(=O)[C@@H](C)N)C1CCCCC1)[C@H](CC=Cc1ccccc1)C(=O)NOC1CCCCO1. The number of nitrogens with zero attached hydrogens (tertiary/aromatic N) is 1. The summed E-state index contributed by atoms with van der Waals surface area (Å²) in [5, 5.41) is 1.45. The summed E-state index contributed by atoms with van der Waals surface area (Å²) in [5.74, 6) is -2.32. The number of hydrogen-bond acceptors (Lipinski definition) is 6. The third-order valence-corrected chi connectivity index (χ3v) is 7.61. The first kappa shape index (κ1) is 31.8. The number of amides is 3. The number of carbonyl (C=O) groups excluding carboxylic acids is 3. The second-order valence-electron chi connectivity index (χ2n) is 11.5. The monoisotopic (exact) mass is 556 g/mol. The van der Waals surface area contributed by atoms with E-state index < -0.39 is 24.2 Å².